The zero-order valence-electron chi connectivity index (χ0n) is 24.2. The summed E-state index contributed by atoms with van der Waals surface area (Å²) >= 11 is 0. The summed E-state index contributed by atoms with van der Waals surface area (Å²) < 4.78 is 0. The van der Waals surface area contributed by atoms with Gasteiger partial charge in [-0.3, -0.25) is 4.79 Å². The monoisotopic (exact) mass is 555 g/mol. The van der Waals surface area contributed by atoms with Crippen LogP contribution in [0.2, 0.25) is 0 Å². The van der Waals surface area contributed by atoms with Gasteiger partial charge in [-0.2, -0.15) is 4.98 Å². The fourth-order valence-electron chi connectivity index (χ4n) is 6.13. The van der Waals surface area contributed by atoms with Gasteiger partial charge < -0.3 is 30.0 Å². The second-order valence-corrected chi connectivity index (χ2v) is 11.7. The fourth-order valence-corrected chi connectivity index (χ4v) is 6.13. The van der Waals surface area contributed by atoms with Crippen molar-refractivity contribution < 1.29 is 9.90 Å². The highest BCUT2D eigenvalue weighted by atomic mass is 16.3. The largest absolute Gasteiger partial charge is 0.508 e. The molecular weight excluding hydrogens is 514 g/mol. The maximum Gasteiger partial charge on any atom is 0.246 e. The Labute approximate surface area is 242 Å². The number of carbonyl (C=O) groups is 1. The molecule has 0 bridgehead atoms. The molecule has 1 aromatic heterocycles. The molecule has 2 N–H and O–H groups in total. The molecule has 3 aromatic rings. The highest BCUT2D eigenvalue weighted by Gasteiger charge is 2.29. The van der Waals surface area contributed by atoms with Gasteiger partial charge in [0.25, 0.3) is 0 Å². The van der Waals surface area contributed by atoms with Crippen LogP contribution in [0.15, 0.2) is 49.1 Å². The second kappa shape index (κ2) is 11.6. The number of anilines is 3. The van der Waals surface area contributed by atoms with Gasteiger partial charge in [0.15, 0.2) is 0 Å². The van der Waals surface area contributed by atoms with Crippen LogP contribution >= 0.6 is 0 Å². The van der Waals surface area contributed by atoms with Crippen molar-refractivity contribution in [2.24, 2.45) is 0 Å². The van der Waals surface area contributed by atoms with Crippen LogP contribution in [0.4, 0.5) is 17.5 Å². The topological polar surface area (TPSA) is 88.1 Å². The van der Waals surface area contributed by atoms with Gasteiger partial charge in [-0.15, -0.1) is 0 Å². The number of piperazine rings is 1. The molecule has 0 radical (unpaired) electrons. The van der Waals surface area contributed by atoms with E-state index in [-0.39, 0.29) is 17.7 Å². The average Bonchev–Trinajstić information content (AvgIpc) is 3.84. The number of hydrogen-bond donors (Lipinski definition) is 2. The number of rotatable bonds is 9. The Morgan fingerprint density at radius 3 is 2.68 bits per heavy atom. The van der Waals surface area contributed by atoms with E-state index in [0.29, 0.717) is 25.6 Å². The van der Waals surface area contributed by atoms with Crippen molar-refractivity contribution in [2.45, 2.75) is 51.2 Å². The number of aromatic hydroxyl groups is 1. The Morgan fingerprint density at radius 1 is 1.15 bits per heavy atom. The van der Waals surface area contributed by atoms with Crippen molar-refractivity contribution in [3.05, 3.63) is 60.3 Å². The van der Waals surface area contributed by atoms with Crippen molar-refractivity contribution in [1.29, 1.82) is 0 Å². The van der Waals surface area contributed by atoms with Gasteiger partial charge in [0.05, 0.1) is 12.2 Å². The average molecular weight is 556 g/mol. The van der Waals surface area contributed by atoms with E-state index in [0.717, 1.165) is 73.0 Å². The predicted octanol–water partition coefficient (Wildman–Crippen LogP) is 4.02. The minimum Gasteiger partial charge on any atom is -0.508 e. The number of benzene rings is 2. The lowest BCUT2D eigenvalue weighted by Crippen LogP contribution is -2.49. The fraction of sp³-hybridized carbons (Fsp3) is 0.469. The quantitative estimate of drug-likeness (QED) is 0.383. The summed E-state index contributed by atoms with van der Waals surface area (Å²) in [5.74, 6) is 1.89. The molecular formula is C32H41N7O2. The number of nitrogens with one attached hydrogen (secondary N) is 1. The van der Waals surface area contributed by atoms with Crippen molar-refractivity contribution >= 4 is 34.1 Å². The Hall–Kier alpha value is -3.85. The van der Waals surface area contributed by atoms with Gasteiger partial charge in [-0.1, -0.05) is 30.8 Å². The first-order valence-corrected chi connectivity index (χ1v) is 14.9. The summed E-state index contributed by atoms with van der Waals surface area (Å²) in [6.07, 6.45) is 5.85. The van der Waals surface area contributed by atoms with Crippen molar-refractivity contribution in [1.82, 2.24) is 19.8 Å². The summed E-state index contributed by atoms with van der Waals surface area (Å²) in [6, 6.07) is 12.9. The van der Waals surface area contributed by atoms with Crippen LogP contribution in [-0.4, -0.2) is 89.2 Å². The van der Waals surface area contributed by atoms with Crippen LogP contribution in [0.5, 0.6) is 5.75 Å². The van der Waals surface area contributed by atoms with Crippen LogP contribution < -0.4 is 15.1 Å². The minimum atomic E-state index is -0.0179. The Kier molecular flexibility index (Phi) is 7.71. The third-order valence-corrected chi connectivity index (χ3v) is 8.73. The van der Waals surface area contributed by atoms with Gasteiger partial charge in [-0.25, -0.2) is 4.98 Å². The highest BCUT2D eigenvalue weighted by Crippen LogP contribution is 2.36. The maximum absolute atomic E-state index is 12.2. The molecule has 9 nitrogen and oxygen atoms in total. The lowest BCUT2D eigenvalue weighted by Gasteiger charge is -2.38. The van der Waals surface area contributed by atoms with Crippen LogP contribution in [0.1, 0.15) is 37.4 Å². The second-order valence-electron chi connectivity index (χ2n) is 11.7. The minimum absolute atomic E-state index is 0.0179. The SMILES string of the molecule is C=CC(=O)N1CCN(c2nc(NC(C)CCN(C)C3CC3)nc3c2CCN(c2cc(O)cc4ccccc24)C3)CC1. The molecule has 3 aliphatic rings. The molecule has 2 fully saturated rings. The number of phenols is 1. The molecule has 1 unspecified atom stereocenters. The molecule has 2 aromatic carbocycles. The molecule has 1 saturated heterocycles. The molecule has 1 amide bonds. The summed E-state index contributed by atoms with van der Waals surface area (Å²) in [5.41, 5.74) is 3.22. The first kappa shape index (κ1) is 27.3. The van der Waals surface area contributed by atoms with Crippen molar-refractivity contribution in [3.63, 3.8) is 0 Å². The molecule has 3 heterocycles. The molecule has 0 spiro atoms. The summed E-state index contributed by atoms with van der Waals surface area (Å²) in [5, 5.41) is 16.2. The van der Waals surface area contributed by atoms with Crippen LogP contribution in [0.25, 0.3) is 10.8 Å². The molecule has 2 aliphatic heterocycles. The van der Waals surface area contributed by atoms with Crippen molar-refractivity contribution in [2.75, 3.05) is 61.4 Å². The number of fused-ring (bicyclic) bond motifs is 2. The number of hydrogen-bond acceptors (Lipinski definition) is 8. The van der Waals surface area contributed by atoms with Gasteiger partial charge in [0, 0.05) is 74.1 Å². The van der Waals surface area contributed by atoms with E-state index in [9.17, 15) is 9.90 Å². The Balaban J connectivity index is 1.28. The van der Waals surface area contributed by atoms with E-state index in [1.165, 1.54) is 24.5 Å². The molecule has 1 atom stereocenters. The summed E-state index contributed by atoms with van der Waals surface area (Å²) in [6.45, 7) is 11.1. The smallest absolute Gasteiger partial charge is 0.246 e. The third kappa shape index (κ3) is 5.95. The Bertz CT molecular complexity index is 1430. The number of carbonyl (C=O) groups excluding carboxylic acids is 1. The zero-order chi connectivity index (χ0) is 28.5. The van der Waals surface area contributed by atoms with E-state index in [2.05, 4.69) is 46.6 Å². The van der Waals surface area contributed by atoms with E-state index in [1.807, 2.05) is 35.2 Å². The van der Waals surface area contributed by atoms with Crippen LogP contribution in [-0.2, 0) is 17.8 Å². The first-order valence-electron chi connectivity index (χ1n) is 14.9. The lowest BCUT2D eigenvalue weighted by atomic mass is 10.0. The number of nitrogens with zero attached hydrogens (tertiary/aromatic N) is 6. The highest BCUT2D eigenvalue weighted by molar-refractivity contribution is 5.95. The lowest BCUT2D eigenvalue weighted by molar-refractivity contribution is -0.126. The number of phenolic OH excluding ortho intramolecular Hbond substituents is 1. The van der Waals surface area contributed by atoms with Crippen LogP contribution in [0.3, 0.4) is 0 Å². The molecule has 6 rings (SSSR count). The third-order valence-electron chi connectivity index (χ3n) is 8.73. The zero-order valence-corrected chi connectivity index (χ0v) is 24.2. The molecule has 41 heavy (non-hydrogen) atoms. The van der Waals surface area contributed by atoms with E-state index in [1.54, 1.807) is 0 Å². The summed E-state index contributed by atoms with van der Waals surface area (Å²) in [7, 11) is 2.22. The first-order chi connectivity index (χ1) is 19.9. The van der Waals surface area contributed by atoms with Gasteiger partial charge >= 0.3 is 0 Å². The van der Waals surface area contributed by atoms with Gasteiger partial charge in [0.2, 0.25) is 11.9 Å². The standard InChI is InChI=1S/C32H41N7O2/c1-4-30(41)37-15-17-38(18-16-37)31-27-12-14-39(29-20-25(40)19-23-7-5-6-8-26(23)29)21-28(27)34-32(35-31)33-22(2)11-13-36(3)24-9-10-24/h4-8,19-20,22,24,40H,1,9-18,21H2,2-3H3,(H,33,34,35). The van der Waals surface area contributed by atoms with Crippen LogP contribution in [0, 0.1) is 0 Å². The molecule has 216 valence electrons. The number of amides is 1. The number of aromatic nitrogens is 2. The van der Waals surface area contributed by atoms with Gasteiger partial charge in [-0.05, 0) is 57.2 Å². The van der Waals surface area contributed by atoms with E-state index < -0.39 is 0 Å². The predicted molar refractivity (Wildman–Crippen MR) is 165 cm³/mol. The molecule has 9 heteroatoms. The molecule has 1 aliphatic carbocycles. The normalized spacial score (nSPS) is 18.0. The maximum atomic E-state index is 12.2. The Morgan fingerprint density at radius 2 is 1.93 bits per heavy atom. The van der Waals surface area contributed by atoms with E-state index in [4.69, 9.17) is 9.97 Å². The van der Waals surface area contributed by atoms with Crippen molar-refractivity contribution in [3.8, 4) is 5.75 Å². The van der Waals surface area contributed by atoms with E-state index >= 15 is 0 Å². The summed E-state index contributed by atoms with van der Waals surface area (Å²) in [4.78, 5) is 31.3. The van der Waals surface area contributed by atoms with Gasteiger partial charge in [0.1, 0.15) is 11.6 Å². The molecule has 1 saturated carbocycles.